The molecular weight excluding hydrogens is 323 g/mol. The number of phenolic OH excluding ortho intramolecular Hbond substituents is 1. The van der Waals surface area contributed by atoms with Gasteiger partial charge in [-0.1, -0.05) is 13.0 Å². The first-order chi connectivity index (χ1) is 11.9. The fourth-order valence-electron chi connectivity index (χ4n) is 3.77. The Balaban J connectivity index is 1.90. The van der Waals surface area contributed by atoms with Crippen LogP contribution in [0.4, 0.5) is 4.39 Å². The van der Waals surface area contributed by atoms with E-state index in [9.17, 15) is 14.3 Å². The van der Waals surface area contributed by atoms with Crippen molar-refractivity contribution in [2.24, 2.45) is 11.8 Å². The van der Waals surface area contributed by atoms with Crippen LogP contribution >= 0.6 is 0 Å². The van der Waals surface area contributed by atoms with Crippen LogP contribution in [0.5, 0.6) is 5.75 Å². The van der Waals surface area contributed by atoms with E-state index in [1.807, 2.05) is 6.92 Å². The topological polar surface area (TPSA) is 55.8 Å². The summed E-state index contributed by atoms with van der Waals surface area (Å²) in [7, 11) is 0. The number of halogens is 1. The van der Waals surface area contributed by atoms with Crippen molar-refractivity contribution in [2.75, 3.05) is 6.79 Å². The van der Waals surface area contributed by atoms with Gasteiger partial charge in [-0.3, -0.25) is 4.79 Å². The summed E-state index contributed by atoms with van der Waals surface area (Å²) in [6.07, 6.45) is 4.68. The number of fused-ring (bicyclic) bond motifs is 1. The lowest BCUT2D eigenvalue weighted by molar-refractivity contribution is -0.123. The molecule has 1 unspecified atom stereocenters. The maximum Gasteiger partial charge on any atom is 0.189 e. The van der Waals surface area contributed by atoms with Crippen LogP contribution in [0.1, 0.15) is 30.9 Å². The summed E-state index contributed by atoms with van der Waals surface area (Å²) in [4.78, 5) is 12.2. The van der Waals surface area contributed by atoms with Crippen LogP contribution in [0, 0.1) is 24.6 Å². The molecule has 1 saturated heterocycles. The van der Waals surface area contributed by atoms with Crippen molar-refractivity contribution in [3.63, 3.8) is 0 Å². The first kappa shape index (κ1) is 17.7. The van der Waals surface area contributed by atoms with Crippen LogP contribution in [0.2, 0.25) is 0 Å². The largest absolute Gasteiger partial charge is 0.508 e. The van der Waals surface area contributed by atoms with E-state index < -0.39 is 5.60 Å². The quantitative estimate of drug-likeness (QED) is 0.824. The molecule has 1 aromatic carbocycles. The van der Waals surface area contributed by atoms with E-state index >= 15 is 0 Å². The minimum absolute atomic E-state index is 0.0161. The molecule has 0 amide bonds. The molecule has 3 atom stereocenters. The van der Waals surface area contributed by atoms with Gasteiger partial charge in [-0.25, -0.2) is 4.39 Å². The molecular formula is C20H23FO4. The Labute approximate surface area is 146 Å². The van der Waals surface area contributed by atoms with Gasteiger partial charge in [0.25, 0.3) is 0 Å². The lowest BCUT2D eigenvalue weighted by Crippen LogP contribution is -2.45. The number of carbonyl (C=O) groups excluding carboxylic acids is 1. The van der Waals surface area contributed by atoms with Gasteiger partial charge in [0.1, 0.15) is 22.9 Å². The van der Waals surface area contributed by atoms with Crippen LogP contribution in [-0.4, -0.2) is 23.3 Å². The number of ketones is 1. The number of carbonyl (C=O) groups is 1. The van der Waals surface area contributed by atoms with Crippen molar-refractivity contribution in [3.05, 3.63) is 53.6 Å². The van der Waals surface area contributed by atoms with E-state index in [-0.39, 0.29) is 36.0 Å². The van der Waals surface area contributed by atoms with Crippen molar-refractivity contribution < 1.29 is 23.8 Å². The molecule has 0 saturated carbocycles. The van der Waals surface area contributed by atoms with Gasteiger partial charge in [-0.05, 0) is 55.4 Å². The Bertz CT molecular complexity index is 739. The Hall–Kier alpha value is -2.14. The lowest BCUT2D eigenvalue weighted by Gasteiger charge is -2.38. The Morgan fingerprint density at radius 2 is 2.28 bits per heavy atom. The Morgan fingerprint density at radius 1 is 1.52 bits per heavy atom. The highest BCUT2D eigenvalue weighted by molar-refractivity contribution is 5.93. The summed E-state index contributed by atoms with van der Waals surface area (Å²) in [6, 6.07) is 2.80. The zero-order chi connectivity index (χ0) is 18.2. The van der Waals surface area contributed by atoms with Gasteiger partial charge >= 0.3 is 0 Å². The minimum Gasteiger partial charge on any atom is -0.508 e. The van der Waals surface area contributed by atoms with Gasteiger partial charge in [-0.15, -0.1) is 6.58 Å². The summed E-state index contributed by atoms with van der Waals surface area (Å²) in [5, 5.41) is 9.89. The van der Waals surface area contributed by atoms with Gasteiger partial charge in [0.2, 0.25) is 0 Å². The standard InChI is InChI=1S/C20H23FO4/c1-4-5-14-10-20(19(9-18(14)23)24-11-25-20)13(3)7-15-8-17(22)12(2)6-16(15)21/h4,6,8-9,13-14,22H,1,5,7,10-11H2,2-3H3/t13-,14?,20+/m0/s1. The average Bonchev–Trinajstić information content (AvgIpc) is 2.97. The maximum absolute atomic E-state index is 14.3. The van der Waals surface area contributed by atoms with Gasteiger partial charge in [0, 0.05) is 12.0 Å². The third-order valence-electron chi connectivity index (χ3n) is 5.31. The molecule has 0 bridgehead atoms. The summed E-state index contributed by atoms with van der Waals surface area (Å²) in [5.74, 6) is -0.0642. The number of ether oxygens (including phenoxy) is 2. The first-order valence-electron chi connectivity index (χ1n) is 8.49. The molecule has 3 rings (SSSR count). The van der Waals surface area contributed by atoms with Crippen LogP contribution in [0.25, 0.3) is 0 Å². The third kappa shape index (κ3) is 3.09. The molecule has 5 heteroatoms. The molecule has 134 valence electrons. The van der Waals surface area contributed by atoms with E-state index in [0.717, 1.165) is 0 Å². The molecule has 0 radical (unpaired) electrons. The fraction of sp³-hybridized carbons (Fsp3) is 0.450. The summed E-state index contributed by atoms with van der Waals surface area (Å²) >= 11 is 0. The number of aromatic hydroxyl groups is 1. The van der Waals surface area contributed by atoms with Gasteiger partial charge < -0.3 is 14.6 Å². The van der Waals surface area contributed by atoms with Crippen molar-refractivity contribution in [1.82, 2.24) is 0 Å². The van der Waals surface area contributed by atoms with E-state index in [4.69, 9.17) is 9.47 Å². The SMILES string of the molecule is C=CCC1C[C@]2([C@@H](C)Cc3cc(O)c(C)cc3F)OCOC2=CC1=O. The molecule has 2 aliphatic rings. The highest BCUT2D eigenvalue weighted by Gasteiger charge is 2.51. The van der Waals surface area contributed by atoms with Crippen LogP contribution in [0.15, 0.2) is 36.6 Å². The number of aryl methyl sites for hydroxylation is 1. The maximum atomic E-state index is 14.3. The zero-order valence-corrected chi connectivity index (χ0v) is 14.5. The Morgan fingerprint density at radius 3 is 3.00 bits per heavy atom. The molecule has 0 spiro atoms. The third-order valence-corrected chi connectivity index (χ3v) is 5.31. The van der Waals surface area contributed by atoms with Crippen molar-refractivity contribution in [2.45, 2.75) is 38.7 Å². The molecule has 0 aromatic heterocycles. The molecule has 25 heavy (non-hydrogen) atoms. The van der Waals surface area contributed by atoms with E-state index in [0.29, 0.717) is 36.1 Å². The molecule has 1 N–H and O–H groups in total. The highest BCUT2D eigenvalue weighted by atomic mass is 19.1. The van der Waals surface area contributed by atoms with E-state index in [1.54, 1.807) is 13.0 Å². The second-order valence-electron chi connectivity index (χ2n) is 6.97. The molecule has 1 aliphatic heterocycles. The predicted octanol–water partition coefficient (Wildman–Crippen LogP) is 3.81. The number of benzene rings is 1. The van der Waals surface area contributed by atoms with E-state index in [1.165, 1.54) is 18.2 Å². The smallest absolute Gasteiger partial charge is 0.189 e. The zero-order valence-electron chi connectivity index (χ0n) is 14.5. The second-order valence-corrected chi connectivity index (χ2v) is 6.97. The van der Waals surface area contributed by atoms with Crippen LogP contribution in [0.3, 0.4) is 0 Å². The van der Waals surface area contributed by atoms with Gasteiger partial charge in [0.05, 0.1) is 0 Å². The number of rotatable bonds is 5. The average molecular weight is 346 g/mol. The van der Waals surface area contributed by atoms with Crippen molar-refractivity contribution >= 4 is 5.78 Å². The second kappa shape index (κ2) is 6.64. The van der Waals surface area contributed by atoms with Crippen molar-refractivity contribution in [1.29, 1.82) is 0 Å². The molecule has 1 fully saturated rings. The highest BCUT2D eigenvalue weighted by Crippen LogP contribution is 2.46. The number of hydrogen-bond donors (Lipinski definition) is 1. The fourth-order valence-corrected chi connectivity index (χ4v) is 3.77. The molecule has 1 aromatic rings. The summed E-state index contributed by atoms with van der Waals surface area (Å²) < 4.78 is 25.8. The molecule has 4 nitrogen and oxygen atoms in total. The summed E-state index contributed by atoms with van der Waals surface area (Å²) in [5.41, 5.74) is 0.188. The molecule has 1 aliphatic carbocycles. The number of allylic oxidation sites excluding steroid dienone is 2. The van der Waals surface area contributed by atoms with Gasteiger partial charge in [0.15, 0.2) is 12.6 Å². The first-order valence-corrected chi connectivity index (χ1v) is 8.49. The predicted molar refractivity (Wildman–Crippen MR) is 91.4 cm³/mol. The van der Waals surface area contributed by atoms with Crippen LogP contribution < -0.4 is 0 Å². The summed E-state index contributed by atoms with van der Waals surface area (Å²) in [6.45, 7) is 7.42. The van der Waals surface area contributed by atoms with Crippen LogP contribution in [-0.2, 0) is 20.7 Å². The number of phenols is 1. The van der Waals surface area contributed by atoms with Gasteiger partial charge in [-0.2, -0.15) is 0 Å². The lowest BCUT2D eigenvalue weighted by atomic mass is 9.71. The molecule has 1 heterocycles. The normalized spacial score (nSPS) is 26.6. The monoisotopic (exact) mass is 346 g/mol. The number of hydrogen-bond acceptors (Lipinski definition) is 4. The van der Waals surface area contributed by atoms with E-state index in [2.05, 4.69) is 6.58 Å². The minimum atomic E-state index is -0.742. The van der Waals surface area contributed by atoms with Crippen molar-refractivity contribution in [3.8, 4) is 5.75 Å². The Kier molecular flexibility index (Phi) is 4.69.